The number of hydrogen-bond donors (Lipinski definition) is 1. The molecule has 1 aliphatic rings. The minimum Gasteiger partial charge on any atom is -0.463 e. The summed E-state index contributed by atoms with van der Waals surface area (Å²) in [7, 11) is 0. The van der Waals surface area contributed by atoms with E-state index in [1.54, 1.807) is 0 Å². The lowest BCUT2D eigenvalue weighted by Gasteiger charge is -2.11. The first-order chi connectivity index (χ1) is 7.81. The fourth-order valence-electron chi connectivity index (χ4n) is 2.20. The van der Waals surface area contributed by atoms with Gasteiger partial charge in [-0.15, -0.1) is 0 Å². The van der Waals surface area contributed by atoms with Crippen LogP contribution >= 0.6 is 0 Å². The Bertz CT molecular complexity index is 363. The molecule has 88 valence electrons. The van der Waals surface area contributed by atoms with Crippen LogP contribution in [0.4, 0.5) is 0 Å². The highest BCUT2D eigenvalue weighted by molar-refractivity contribution is 5.20. The Labute approximate surface area is 97.0 Å². The molecule has 1 aromatic heterocycles. The molecule has 0 aromatic carbocycles. The van der Waals surface area contributed by atoms with E-state index in [-0.39, 0.29) is 0 Å². The van der Waals surface area contributed by atoms with Crippen molar-refractivity contribution < 1.29 is 9.52 Å². The Morgan fingerprint density at radius 2 is 2.19 bits per heavy atom. The Hall–Kier alpha value is -1.02. The van der Waals surface area contributed by atoms with Crippen LogP contribution in [0.5, 0.6) is 0 Å². The summed E-state index contributed by atoms with van der Waals surface area (Å²) in [6.45, 7) is 2.06. The molecular formula is C14H20O2. The fourth-order valence-corrected chi connectivity index (χ4v) is 2.20. The number of aryl methyl sites for hydroxylation is 1. The van der Waals surface area contributed by atoms with Crippen LogP contribution in [0.3, 0.4) is 0 Å². The number of allylic oxidation sites excluding steroid dienone is 1. The predicted octanol–water partition coefficient (Wildman–Crippen LogP) is 3.77. The van der Waals surface area contributed by atoms with Crippen LogP contribution in [0.1, 0.15) is 56.7 Å². The zero-order valence-corrected chi connectivity index (χ0v) is 9.91. The maximum Gasteiger partial charge on any atom is 0.136 e. The van der Waals surface area contributed by atoms with Gasteiger partial charge in [0.1, 0.15) is 17.6 Å². The van der Waals surface area contributed by atoms with Gasteiger partial charge in [-0.3, -0.25) is 0 Å². The predicted molar refractivity (Wildman–Crippen MR) is 64.2 cm³/mol. The van der Waals surface area contributed by atoms with Gasteiger partial charge in [0, 0.05) is 6.42 Å². The van der Waals surface area contributed by atoms with Gasteiger partial charge in [-0.1, -0.05) is 19.4 Å². The van der Waals surface area contributed by atoms with Gasteiger partial charge in [-0.25, -0.2) is 0 Å². The Kier molecular flexibility index (Phi) is 3.83. The lowest BCUT2D eigenvalue weighted by Crippen LogP contribution is -2.00. The van der Waals surface area contributed by atoms with Crippen molar-refractivity contribution in [3.05, 3.63) is 35.3 Å². The molecule has 2 rings (SSSR count). The first-order valence-corrected chi connectivity index (χ1v) is 6.27. The standard InChI is InChI=1S/C14H20O2/c1-2-12-9-10-13(16-12)14(15)11-7-5-3-4-6-8-11/h7,9-10,14-15H,2-6,8H2,1H3. The zero-order valence-electron chi connectivity index (χ0n) is 9.91. The summed E-state index contributed by atoms with van der Waals surface area (Å²) < 4.78 is 5.60. The van der Waals surface area contributed by atoms with Crippen LogP contribution in [0, 0.1) is 0 Å². The average molecular weight is 220 g/mol. The Morgan fingerprint density at radius 1 is 1.31 bits per heavy atom. The summed E-state index contributed by atoms with van der Waals surface area (Å²) in [4.78, 5) is 0. The molecule has 0 amide bonds. The van der Waals surface area contributed by atoms with Crippen molar-refractivity contribution in [2.24, 2.45) is 0 Å². The fraction of sp³-hybridized carbons (Fsp3) is 0.571. The van der Waals surface area contributed by atoms with Gasteiger partial charge in [0.05, 0.1) is 0 Å². The molecule has 0 radical (unpaired) electrons. The average Bonchev–Trinajstić information content (AvgIpc) is 2.62. The lowest BCUT2D eigenvalue weighted by atomic mass is 10.0. The molecule has 0 spiro atoms. The second-order valence-corrected chi connectivity index (χ2v) is 4.44. The van der Waals surface area contributed by atoms with Gasteiger partial charge < -0.3 is 9.52 Å². The maximum atomic E-state index is 10.2. The van der Waals surface area contributed by atoms with Gasteiger partial charge in [-0.2, -0.15) is 0 Å². The van der Waals surface area contributed by atoms with Crippen LogP contribution < -0.4 is 0 Å². The highest BCUT2D eigenvalue weighted by Crippen LogP contribution is 2.30. The normalized spacial score (nSPS) is 19.0. The zero-order chi connectivity index (χ0) is 11.4. The summed E-state index contributed by atoms with van der Waals surface area (Å²) in [5.41, 5.74) is 1.13. The van der Waals surface area contributed by atoms with Crippen LogP contribution in [0.25, 0.3) is 0 Å². The second-order valence-electron chi connectivity index (χ2n) is 4.44. The van der Waals surface area contributed by atoms with Crippen LogP contribution in [0.15, 0.2) is 28.2 Å². The highest BCUT2D eigenvalue weighted by Gasteiger charge is 2.17. The van der Waals surface area contributed by atoms with E-state index in [1.165, 1.54) is 19.3 Å². The summed E-state index contributed by atoms with van der Waals surface area (Å²) in [5.74, 6) is 1.65. The molecule has 16 heavy (non-hydrogen) atoms. The third-order valence-corrected chi connectivity index (χ3v) is 3.23. The quantitative estimate of drug-likeness (QED) is 0.787. The van der Waals surface area contributed by atoms with Crippen LogP contribution in [0.2, 0.25) is 0 Å². The van der Waals surface area contributed by atoms with Crippen molar-refractivity contribution in [2.75, 3.05) is 0 Å². The third kappa shape index (κ3) is 2.56. The van der Waals surface area contributed by atoms with E-state index in [0.717, 1.165) is 30.6 Å². The SMILES string of the molecule is CCc1ccc(C(O)C2=CCCCCC2)o1. The molecule has 1 atom stereocenters. The molecule has 2 nitrogen and oxygen atoms in total. The maximum absolute atomic E-state index is 10.2. The number of hydrogen-bond acceptors (Lipinski definition) is 2. The molecule has 1 N–H and O–H groups in total. The number of furan rings is 1. The van der Waals surface area contributed by atoms with Crippen molar-refractivity contribution in [3.8, 4) is 0 Å². The van der Waals surface area contributed by atoms with Gasteiger partial charge in [0.15, 0.2) is 0 Å². The molecule has 0 aliphatic heterocycles. The van der Waals surface area contributed by atoms with Gasteiger partial charge in [0.2, 0.25) is 0 Å². The van der Waals surface area contributed by atoms with E-state index in [1.807, 2.05) is 12.1 Å². The summed E-state index contributed by atoms with van der Waals surface area (Å²) in [6.07, 6.45) is 8.33. The van der Waals surface area contributed by atoms with Crippen LogP contribution in [-0.2, 0) is 6.42 Å². The van der Waals surface area contributed by atoms with E-state index in [2.05, 4.69) is 13.0 Å². The third-order valence-electron chi connectivity index (χ3n) is 3.23. The van der Waals surface area contributed by atoms with Gasteiger partial charge >= 0.3 is 0 Å². The van der Waals surface area contributed by atoms with Gasteiger partial charge in [-0.05, 0) is 43.4 Å². The minimum absolute atomic E-state index is 0.529. The van der Waals surface area contributed by atoms with E-state index in [4.69, 9.17) is 4.42 Å². The summed E-state index contributed by atoms with van der Waals surface area (Å²) >= 11 is 0. The molecule has 1 heterocycles. The van der Waals surface area contributed by atoms with Crippen molar-refractivity contribution in [3.63, 3.8) is 0 Å². The van der Waals surface area contributed by atoms with Crippen LogP contribution in [-0.4, -0.2) is 5.11 Å². The van der Waals surface area contributed by atoms with Crippen molar-refractivity contribution >= 4 is 0 Å². The molecule has 1 unspecified atom stereocenters. The first-order valence-electron chi connectivity index (χ1n) is 6.27. The van der Waals surface area contributed by atoms with Crippen molar-refractivity contribution in [1.82, 2.24) is 0 Å². The summed E-state index contributed by atoms with van der Waals surface area (Å²) in [5, 5.41) is 10.2. The smallest absolute Gasteiger partial charge is 0.136 e. The molecule has 0 fully saturated rings. The highest BCUT2D eigenvalue weighted by atomic mass is 16.4. The van der Waals surface area contributed by atoms with Crippen molar-refractivity contribution in [1.29, 1.82) is 0 Å². The first kappa shape index (κ1) is 11.5. The van der Waals surface area contributed by atoms with E-state index < -0.39 is 6.10 Å². The molecule has 0 saturated heterocycles. The number of rotatable bonds is 3. The second kappa shape index (κ2) is 5.35. The molecule has 0 bridgehead atoms. The molecular weight excluding hydrogens is 200 g/mol. The van der Waals surface area contributed by atoms with Crippen molar-refractivity contribution in [2.45, 2.75) is 51.6 Å². The molecule has 1 aliphatic carbocycles. The van der Waals surface area contributed by atoms with Gasteiger partial charge in [0.25, 0.3) is 0 Å². The number of aliphatic hydroxyl groups excluding tert-OH is 1. The summed E-state index contributed by atoms with van der Waals surface area (Å²) in [6, 6.07) is 3.85. The van der Waals surface area contributed by atoms with E-state index in [9.17, 15) is 5.11 Å². The lowest BCUT2D eigenvalue weighted by molar-refractivity contribution is 0.178. The Balaban J connectivity index is 2.10. The van der Waals surface area contributed by atoms with E-state index >= 15 is 0 Å². The topological polar surface area (TPSA) is 33.4 Å². The minimum atomic E-state index is -0.529. The largest absolute Gasteiger partial charge is 0.463 e. The Morgan fingerprint density at radius 3 is 2.94 bits per heavy atom. The molecule has 1 aromatic rings. The monoisotopic (exact) mass is 220 g/mol. The number of aliphatic hydroxyl groups is 1. The van der Waals surface area contributed by atoms with E-state index in [0.29, 0.717) is 5.76 Å². The molecule has 2 heteroatoms. The molecule has 0 saturated carbocycles.